The molecular formula is C21H20N2O3. The molecule has 0 fully saturated rings. The van der Waals surface area contributed by atoms with Crippen LogP contribution < -0.4 is 14.8 Å². The van der Waals surface area contributed by atoms with Crippen LogP contribution in [0.5, 0.6) is 11.5 Å². The Hall–Kier alpha value is -3.26. The van der Waals surface area contributed by atoms with Crippen LogP contribution >= 0.6 is 0 Å². The van der Waals surface area contributed by atoms with E-state index in [9.17, 15) is 10.1 Å². The number of benzene rings is 2. The molecule has 3 rings (SSSR count). The van der Waals surface area contributed by atoms with Gasteiger partial charge in [-0.05, 0) is 49.8 Å². The molecule has 0 aliphatic carbocycles. The summed E-state index contributed by atoms with van der Waals surface area (Å²) >= 11 is 0. The molecule has 1 aliphatic rings. The number of nitrogens with zero attached hydrogens (tertiary/aromatic N) is 1. The second-order valence-electron chi connectivity index (χ2n) is 6.33. The Kier molecular flexibility index (Phi) is 4.94. The molecule has 2 aromatic carbocycles. The summed E-state index contributed by atoms with van der Waals surface area (Å²) in [6.07, 6.45) is 2.37. The quantitative estimate of drug-likeness (QED) is 0.672. The van der Waals surface area contributed by atoms with E-state index in [-0.39, 0.29) is 11.7 Å². The Bertz CT molecular complexity index is 925. The molecule has 26 heavy (non-hydrogen) atoms. The Morgan fingerprint density at radius 1 is 1.38 bits per heavy atom. The zero-order chi connectivity index (χ0) is 18.7. The van der Waals surface area contributed by atoms with Gasteiger partial charge in [0.2, 0.25) is 0 Å². The highest BCUT2D eigenvalue weighted by Crippen LogP contribution is 2.37. The van der Waals surface area contributed by atoms with E-state index in [1.807, 2.05) is 44.2 Å². The van der Waals surface area contributed by atoms with Gasteiger partial charge in [0, 0.05) is 23.2 Å². The second-order valence-corrected chi connectivity index (χ2v) is 6.33. The fourth-order valence-corrected chi connectivity index (χ4v) is 2.98. The lowest BCUT2D eigenvalue weighted by Gasteiger charge is -2.10. The van der Waals surface area contributed by atoms with Crippen LogP contribution in [-0.2, 0) is 11.2 Å². The van der Waals surface area contributed by atoms with Crippen LogP contribution in [0.15, 0.2) is 42.0 Å². The van der Waals surface area contributed by atoms with Gasteiger partial charge in [-0.25, -0.2) is 0 Å². The molecule has 132 valence electrons. The third-order valence-electron chi connectivity index (χ3n) is 4.17. The van der Waals surface area contributed by atoms with E-state index in [2.05, 4.69) is 5.32 Å². The van der Waals surface area contributed by atoms with Crippen molar-refractivity contribution < 1.29 is 14.3 Å². The summed E-state index contributed by atoms with van der Waals surface area (Å²) in [5, 5.41) is 12.2. The maximum absolute atomic E-state index is 12.5. The van der Waals surface area contributed by atoms with E-state index in [1.54, 1.807) is 25.3 Å². The number of ether oxygens (including phenoxy) is 2. The molecule has 1 heterocycles. The van der Waals surface area contributed by atoms with Gasteiger partial charge in [-0.2, -0.15) is 5.26 Å². The lowest BCUT2D eigenvalue weighted by Crippen LogP contribution is -2.13. The zero-order valence-corrected chi connectivity index (χ0v) is 15.0. The highest BCUT2D eigenvalue weighted by Gasteiger charge is 2.23. The average molecular weight is 348 g/mol. The van der Waals surface area contributed by atoms with Crippen LogP contribution in [0.4, 0.5) is 5.69 Å². The summed E-state index contributed by atoms with van der Waals surface area (Å²) in [5.41, 5.74) is 3.36. The number of aryl methyl sites for hydroxylation is 1. The van der Waals surface area contributed by atoms with Crippen LogP contribution in [0.1, 0.15) is 23.6 Å². The van der Waals surface area contributed by atoms with Gasteiger partial charge in [0.05, 0.1) is 7.11 Å². The first-order chi connectivity index (χ1) is 12.5. The fourth-order valence-electron chi connectivity index (χ4n) is 2.98. The molecule has 1 aliphatic heterocycles. The number of nitriles is 1. The number of fused-ring (bicyclic) bond motifs is 1. The van der Waals surface area contributed by atoms with Crippen molar-refractivity contribution in [1.82, 2.24) is 0 Å². The number of carbonyl (C=O) groups excluding carboxylic acids is 1. The maximum atomic E-state index is 12.5. The molecule has 1 amide bonds. The highest BCUT2D eigenvalue weighted by molar-refractivity contribution is 6.09. The number of carbonyl (C=O) groups is 1. The molecule has 0 saturated carbocycles. The predicted octanol–water partition coefficient (Wildman–Crippen LogP) is 3.87. The first kappa shape index (κ1) is 17.6. The Balaban J connectivity index is 1.93. The number of methoxy groups -OCH3 is 1. The van der Waals surface area contributed by atoms with Gasteiger partial charge in [-0.1, -0.05) is 12.1 Å². The number of rotatable bonds is 4. The second kappa shape index (κ2) is 7.32. The summed E-state index contributed by atoms with van der Waals surface area (Å²) in [5.74, 6) is 0.916. The minimum atomic E-state index is -0.458. The molecule has 0 aromatic heterocycles. The largest absolute Gasteiger partial charge is 0.497 e. The molecule has 0 spiro atoms. The maximum Gasteiger partial charge on any atom is 0.266 e. The standard InChI is InChI=1S/C21H20N2O3/c1-13-5-4-6-18(7-13)23-21(24)17(12-22)9-16-11-19(25-3)10-15-8-14(2)26-20(15)16/h4-7,9-11,14H,8H2,1-3H3,(H,23,24)/b17-9-/t14-/m0/s1. The fraction of sp³-hybridized carbons (Fsp3) is 0.238. The predicted molar refractivity (Wildman–Crippen MR) is 100 cm³/mol. The highest BCUT2D eigenvalue weighted by atomic mass is 16.5. The van der Waals surface area contributed by atoms with Crippen LogP contribution in [0.2, 0.25) is 0 Å². The van der Waals surface area contributed by atoms with E-state index in [4.69, 9.17) is 9.47 Å². The molecule has 1 atom stereocenters. The van der Waals surface area contributed by atoms with Gasteiger partial charge in [0.1, 0.15) is 29.2 Å². The van der Waals surface area contributed by atoms with Gasteiger partial charge in [0.15, 0.2) is 0 Å². The SMILES string of the molecule is COc1cc(/C=C(/C#N)C(=O)Nc2cccc(C)c2)c2c(c1)C[C@H](C)O2. The van der Waals surface area contributed by atoms with Gasteiger partial charge in [-0.15, -0.1) is 0 Å². The third kappa shape index (κ3) is 3.70. The van der Waals surface area contributed by atoms with Crippen molar-refractivity contribution in [2.75, 3.05) is 12.4 Å². The summed E-state index contributed by atoms with van der Waals surface area (Å²) in [7, 11) is 1.59. The lowest BCUT2D eigenvalue weighted by atomic mass is 10.0. The normalized spacial score (nSPS) is 15.6. The Labute approximate surface area is 152 Å². The molecule has 0 unspecified atom stereocenters. The number of hydrogen-bond acceptors (Lipinski definition) is 4. The van der Waals surface area contributed by atoms with Gasteiger partial charge in [-0.3, -0.25) is 4.79 Å². The molecule has 0 saturated heterocycles. The number of anilines is 1. The van der Waals surface area contributed by atoms with Crippen LogP contribution in [0, 0.1) is 18.3 Å². The van der Waals surface area contributed by atoms with Crippen LogP contribution in [-0.4, -0.2) is 19.1 Å². The third-order valence-corrected chi connectivity index (χ3v) is 4.17. The summed E-state index contributed by atoms with van der Waals surface area (Å²) < 4.78 is 11.2. The Morgan fingerprint density at radius 3 is 2.88 bits per heavy atom. The molecule has 0 bridgehead atoms. The monoisotopic (exact) mass is 348 g/mol. The van der Waals surface area contributed by atoms with Crippen molar-refractivity contribution in [2.24, 2.45) is 0 Å². The number of hydrogen-bond donors (Lipinski definition) is 1. The molecular weight excluding hydrogens is 328 g/mol. The summed E-state index contributed by atoms with van der Waals surface area (Å²) in [4.78, 5) is 12.5. The molecule has 2 aromatic rings. The topological polar surface area (TPSA) is 71.3 Å². The number of nitrogens with one attached hydrogen (secondary N) is 1. The summed E-state index contributed by atoms with van der Waals surface area (Å²) in [6, 6.07) is 13.1. The van der Waals surface area contributed by atoms with Gasteiger partial charge < -0.3 is 14.8 Å². The van der Waals surface area contributed by atoms with Crippen LogP contribution in [0.3, 0.4) is 0 Å². The average Bonchev–Trinajstić information content (AvgIpc) is 2.99. The van der Waals surface area contributed by atoms with Crippen molar-refractivity contribution >= 4 is 17.7 Å². The lowest BCUT2D eigenvalue weighted by molar-refractivity contribution is -0.112. The van der Waals surface area contributed by atoms with Gasteiger partial charge >= 0.3 is 0 Å². The number of amides is 1. The molecule has 1 N–H and O–H groups in total. The van der Waals surface area contributed by atoms with Crippen molar-refractivity contribution in [3.05, 3.63) is 58.7 Å². The van der Waals surface area contributed by atoms with E-state index in [1.165, 1.54) is 0 Å². The van der Waals surface area contributed by atoms with E-state index < -0.39 is 5.91 Å². The first-order valence-electron chi connectivity index (χ1n) is 8.37. The van der Waals surface area contributed by atoms with Gasteiger partial charge in [0.25, 0.3) is 5.91 Å². The van der Waals surface area contributed by atoms with E-state index in [0.29, 0.717) is 22.7 Å². The minimum Gasteiger partial charge on any atom is -0.497 e. The molecule has 0 radical (unpaired) electrons. The van der Waals surface area contributed by atoms with Crippen molar-refractivity contribution in [3.63, 3.8) is 0 Å². The van der Waals surface area contributed by atoms with Crippen LogP contribution in [0.25, 0.3) is 6.08 Å². The van der Waals surface area contributed by atoms with Crippen molar-refractivity contribution in [3.8, 4) is 17.6 Å². The van der Waals surface area contributed by atoms with E-state index in [0.717, 1.165) is 17.5 Å². The van der Waals surface area contributed by atoms with Crippen molar-refractivity contribution in [1.29, 1.82) is 5.26 Å². The Morgan fingerprint density at radius 2 is 2.19 bits per heavy atom. The molecule has 5 heteroatoms. The smallest absolute Gasteiger partial charge is 0.266 e. The molecule has 5 nitrogen and oxygen atoms in total. The summed E-state index contributed by atoms with van der Waals surface area (Å²) in [6.45, 7) is 3.92. The zero-order valence-electron chi connectivity index (χ0n) is 15.0. The minimum absolute atomic E-state index is 0.00473. The van der Waals surface area contributed by atoms with Crippen molar-refractivity contribution in [2.45, 2.75) is 26.4 Å². The first-order valence-corrected chi connectivity index (χ1v) is 8.37. The van der Waals surface area contributed by atoms with E-state index >= 15 is 0 Å².